The number of benzene rings is 2. The van der Waals surface area contributed by atoms with E-state index in [1.165, 1.54) is 12.1 Å². The molecule has 0 saturated carbocycles. The van der Waals surface area contributed by atoms with Crippen LogP contribution in [0.4, 0.5) is 13.2 Å². The quantitative estimate of drug-likeness (QED) is 0.799. The van der Waals surface area contributed by atoms with Crippen LogP contribution in [-0.2, 0) is 0 Å². The largest absolute Gasteiger partial charge is 0.573 e. The van der Waals surface area contributed by atoms with Gasteiger partial charge in [0.1, 0.15) is 5.75 Å². The van der Waals surface area contributed by atoms with Gasteiger partial charge in [-0.25, -0.2) is 0 Å². The molecule has 0 aliphatic carbocycles. The van der Waals surface area contributed by atoms with Crippen LogP contribution in [0.15, 0.2) is 36.4 Å². The van der Waals surface area contributed by atoms with Gasteiger partial charge in [-0.1, -0.05) is 30.3 Å². The fourth-order valence-corrected chi connectivity index (χ4v) is 1.66. The predicted octanol–water partition coefficient (Wildman–Crippen LogP) is 1.42. The second-order valence-corrected chi connectivity index (χ2v) is 3.66. The molecule has 0 atom stereocenters. The van der Waals surface area contributed by atoms with E-state index in [0.717, 1.165) is 6.07 Å². The van der Waals surface area contributed by atoms with Gasteiger partial charge in [0.25, 0.3) is 0 Å². The molecule has 0 unspecified atom stereocenters. The first-order valence-corrected chi connectivity index (χ1v) is 5.01. The van der Waals surface area contributed by atoms with Crippen LogP contribution in [0.5, 0.6) is 5.75 Å². The molecule has 2 N–H and O–H groups in total. The summed E-state index contributed by atoms with van der Waals surface area (Å²) >= 11 is 0. The van der Waals surface area contributed by atoms with Gasteiger partial charge in [-0.3, -0.25) is 0 Å². The van der Waals surface area contributed by atoms with Gasteiger partial charge in [0.05, 0.1) is 0 Å². The highest BCUT2D eigenvalue weighted by Gasteiger charge is 2.32. The Morgan fingerprint density at radius 2 is 1.72 bits per heavy atom. The first-order chi connectivity index (χ1) is 8.37. The highest BCUT2D eigenvalue weighted by atomic mass is 19.4. The topological polar surface area (TPSA) is 49.7 Å². The van der Waals surface area contributed by atoms with Gasteiger partial charge in [-0.2, -0.15) is 0 Å². The van der Waals surface area contributed by atoms with Crippen molar-refractivity contribution in [1.82, 2.24) is 0 Å². The Bertz CT molecular complexity index is 569. The Labute approximate surface area is 101 Å². The van der Waals surface area contributed by atoms with E-state index in [1.54, 1.807) is 18.2 Å². The normalized spacial score (nSPS) is 11.6. The smallest absolute Gasteiger partial charge is 0.423 e. The lowest BCUT2D eigenvalue weighted by Gasteiger charge is -2.13. The summed E-state index contributed by atoms with van der Waals surface area (Å²) in [5, 5.41) is 18.7. The van der Waals surface area contributed by atoms with Crippen LogP contribution in [-0.4, -0.2) is 23.5 Å². The zero-order valence-electron chi connectivity index (χ0n) is 8.98. The Kier molecular flexibility index (Phi) is 3.19. The van der Waals surface area contributed by atoms with Crippen LogP contribution in [0, 0.1) is 0 Å². The Balaban J connectivity index is 2.61. The summed E-state index contributed by atoms with van der Waals surface area (Å²) in [5.41, 5.74) is -0.0621. The summed E-state index contributed by atoms with van der Waals surface area (Å²) in [5.74, 6) is -0.455. The summed E-state index contributed by atoms with van der Waals surface area (Å²) < 4.78 is 40.6. The third-order valence-electron chi connectivity index (χ3n) is 2.37. The number of hydrogen-bond acceptors (Lipinski definition) is 3. The number of alkyl halides is 3. The second kappa shape index (κ2) is 4.51. The van der Waals surface area contributed by atoms with Crippen LogP contribution >= 0.6 is 0 Å². The molecule has 0 bridgehead atoms. The molecular formula is C11H8BF3O3. The van der Waals surface area contributed by atoms with Gasteiger partial charge in [-0.15, -0.1) is 13.2 Å². The molecule has 7 heteroatoms. The van der Waals surface area contributed by atoms with Crippen LogP contribution in [0.25, 0.3) is 10.8 Å². The highest BCUT2D eigenvalue weighted by molar-refractivity contribution is 6.59. The Hall–Kier alpha value is -1.73. The van der Waals surface area contributed by atoms with E-state index < -0.39 is 19.2 Å². The Morgan fingerprint density at radius 1 is 1.06 bits per heavy atom. The van der Waals surface area contributed by atoms with E-state index in [1.807, 2.05) is 0 Å². The molecule has 0 saturated heterocycles. The van der Waals surface area contributed by atoms with E-state index in [-0.39, 0.29) is 10.8 Å². The van der Waals surface area contributed by atoms with Gasteiger partial charge < -0.3 is 14.8 Å². The van der Waals surface area contributed by atoms with Crippen molar-refractivity contribution in [1.29, 1.82) is 0 Å². The van der Waals surface area contributed by atoms with Crippen molar-refractivity contribution < 1.29 is 28.0 Å². The van der Waals surface area contributed by atoms with E-state index in [9.17, 15) is 13.2 Å². The van der Waals surface area contributed by atoms with Crippen molar-refractivity contribution in [2.75, 3.05) is 0 Å². The lowest BCUT2D eigenvalue weighted by atomic mass is 9.79. The number of fused-ring (bicyclic) bond motifs is 1. The zero-order chi connectivity index (χ0) is 13.3. The minimum absolute atomic E-state index is 0.0621. The standard InChI is InChI=1S/C11H8BF3O3/c13-11(14,15)18-10-6-8(12(16)17)5-7-3-1-2-4-9(7)10/h1-6,16-17H. The molecule has 3 nitrogen and oxygen atoms in total. The molecule has 0 aliphatic rings. The number of hydrogen-bond donors (Lipinski definition) is 2. The third-order valence-corrected chi connectivity index (χ3v) is 2.37. The summed E-state index contributed by atoms with van der Waals surface area (Å²) in [4.78, 5) is 0. The maximum Gasteiger partial charge on any atom is 0.573 e. The lowest BCUT2D eigenvalue weighted by molar-refractivity contribution is -0.274. The molecule has 94 valence electrons. The van der Waals surface area contributed by atoms with Gasteiger partial charge in [0, 0.05) is 5.39 Å². The molecule has 0 aliphatic heterocycles. The molecule has 0 radical (unpaired) electrons. The van der Waals surface area contributed by atoms with Crippen molar-refractivity contribution >= 4 is 23.4 Å². The zero-order valence-corrected chi connectivity index (χ0v) is 8.98. The van der Waals surface area contributed by atoms with Crippen LogP contribution < -0.4 is 10.2 Å². The van der Waals surface area contributed by atoms with Gasteiger partial charge in [0.2, 0.25) is 0 Å². The summed E-state index contributed by atoms with van der Waals surface area (Å²) in [6, 6.07) is 8.58. The molecule has 2 aromatic carbocycles. The summed E-state index contributed by atoms with van der Waals surface area (Å²) in [7, 11) is -1.86. The predicted molar refractivity (Wildman–Crippen MR) is 60.5 cm³/mol. The van der Waals surface area contributed by atoms with E-state index in [4.69, 9.17) is 10.0 Å². The lowest BCUT2D eigenvalue weighted by Crippen LogP contribution is -2.30. The van der Waals surface area contributed by atoms with Crippen molar-refractivity contribution in [3.05, 3.63) is 36.4 Å². The molecular weight excluding hydrogens is 248 g/mol. The van der Waals surface area contributed by atoms with Crippen LogP contribution in [0.1, 0.15) is 0 Å². The van der Waals surface area contributed by atoms with Crippen molar-refractivity contribution in [3.8, 4) is 5.75 Å². The van der Waals surface area contributed by atoms with Crippen molar-refractivity contribution in [3.63, 3.8) is 0 Å². The van der Waals surface area contributed by atoms with Gasteiger partial charge in [0.15, 0.2) is 0 Å². The van der Waals surface area contributed by atoms with Gasteiger partial charge >= 0.3 is 13.5 Å². The summed E-state index contributed by atoms with van der Waals surface area (Å²) in [6.45, 7) is 0. The van der Waals surface area contributed by atoms with E-state index >= 15 is 0 Å². The van der Waals surface area contributed by atoms with E-state index in [0.29, 0.717) is 5.39 Å². The highest BCUT2D eigenvalue weighted by Crippen LogP contribution is 2.29. The van der Waals surface area contributed by atoms with Gasteiger partial charge in [-0.05, 0) is 16.9 Å². The van der Waals surface area contributed by atoms with Crippen molar-refractivity contribution in [2.24, 2.45) is 0 Å². The number of halogens is 3. The second-order valence-electron chi connectivity index (χ2n) is 3.66. The molecule has 0 aromatic heterocycles. The molecule has 0 spiro atoms. The first kappa shape index (κ1) is 12.7. The first-order valence-electron chi connectivity index (χ1n) is 5.01. The molecule has 18 heavy (non-hydrogen) atoms. The average Bonchev–Trinajstić information content (AvgIpc) is 2.26. The van der Waals surface area contributed by atoms with Crippen LogP contribution in [0.3, 0.4) is 0 Å². The molecule has 0 fully saturated rings. The fourth-order valence-electron chi connectivity index (χ4n) is 1.66. The SMILES string of the molecule is OB(O)c1cc(OC(F)(F)F)c2ccccc2c1. The molecule has 0 amide bonds. The average molecular weight is 256 g/mol. The summed E-state index contributed by atoms with van der Waals surface area (Å²) in [6.07, 6.45) is -4.83. The fraction of sp³-hybridized carbons (Fsp3) is 0.0909. The minimum atomic E-state index is -4.83. The Morgan fingerprint density at radius 3 is 2.33 bits per heavy atom. The minimum Gasteiger partial charge on any atom is -0.423 e. The molecule has 0 heterocycles. The molecule has 2 aromatic rings. The van der Waals surface area contributed by atoms with E-state index in [2.05, 4.69) is 4.74 Å². The van der Waals surface area contributed by atoms with Crippen LogP contribution in [0.2, 0.25) is 0 Å². The number of ether oxygens (including phenoxy) is 1. The maximum absolute atomic E-state index is 12.3. The monoisotopic (exact) mass is 256 g/mol. The molecule has 2 rings (SSSR count). The number of rotatable bonds is 2. The van der Waals surface area contributed by atoms with Crippen molar-refractivity contribution in [2.45, 2.75) is 6.36 Å². The maximum atomic E-state index is 12.3. The third kappa shape index (κ3) is 2.74.